The van der Waals surface area contributed by atoms with Gasteiger partial charge in [0.1, 0.15) is 5.82 Å². The fraction of sp³-hybridized carbons (Fsp3) is 0.235. The van der Waals surface area contributed by atoms with Crippen molar-refractivity contribution in [2.24, 2.45) is 0 Å². The van der Waals surface area contributed by atoms with Gasteiger partial charge in [-0.1, -0.05) is 17.7 Å². The molecule has 0 atom stereocenters. The van der Waals surface area contributed by atoms with E-state index in [1.807, 2.05) is 32.0 Å². The van der Waals surface area contributed by atoms with E-state index in [2.05, 4.69) is 5.32 Å². The molecule has 2 aromatic rings. The molecule has 3 nitrogen and oxygen atoms in total. The minimum Gasteiger partial charge on any atom is -0.385 e. The summed E-state index contributed by atoms with van der Waals surface area (Å²) in [7, 11) is 1.65. The molecule has 0 bridgehead atoms. The smallest absolute Gasteiger partial charge is 0.260 e. The maximum atomic E-state index is 13.3. The van der Waals surface area contributed by atoms with Crippen LogP contribution in [0.15, 0.2) is 42.5 Å². The zero-order valence-electron chi connectivity index (χ0n) is 12.5. The molecule has 0 unspecified atom stereocenters. The Balaban J connectivity index is 2.37. The van der Waals surface area contributed by atoms with Crippen LogP contribution in [0.4, 0.5) is 15.8 Å². The van der Waals surface area contributed by atoms with E-state index in [0.29, 0.717) is 11.3 Å². The predicted octanol–water partition coefficient (Wildman–Crippen LogP) is 3.84. The number of carbonyl (C=O) groups is 1. The van der Waals surface area contributed by atoms with E-state index in [1.54, 1.807) is 19.2 Å². The summed E-state index contributed by atoms with van der Waals surface area (Å²) in [5.74, 6) is -0.524. The van der Waals surface area contributed by atoms with Gasteiger partial charge in [-0.15, -0.1) is 0 Å². The van der Waals surface area contributed by atoms with Crippen molar-refractivity contribution in [2.75, 3.05) is 23.8 Å². The molecule has 0 heterocycles. The highest BCUT2D eigenvalue weighted by molar-refractivity contribution is 6.09. The van der Waals surface area contributed by atoms with Gasteiger partial charge in [0, 0.05) is 25.0 Å². The lowest BCUT2D eigenvalue weighted by Gasteiger charge is -2.20. The van der Waals surface area contributed by atoms with Crippen LogP contribution in [0.1, 0.15) is 22.8 Å². The van der Waals surface area contributed by atoms with Crippen LogP contribution in [0.3, 0.4) is 0 Å². The summed E-state index contributed by atoms with van der Waals surface area (Å²) in [5, 5.41) is 3.18. The van der Waals surface area contributed by atoms with Crippen molar-refractivity contribution in [3.63, 3.8) is 0 Å². The van der Waals surface area contributed by atoms with Crippen molar-refractivity contribution in [3.8, 4) is 0 Å². The standard InChI is InChI=1S/C17H19FN2O/c1-4-19-16-9-8-12(2)10-15(16)17(21)20(3)14-7-5-6-13(18)11-14/h5-11,19H,4H2,1-3H3. The second-order valence-electron chi connectivity index (χ2n) is 4.92. The van der Waals surface area contributed by atoms with E-state index in [0.717, 1.165) is 17.8 Å². The zero-order valence-corrected chi connectivity index (χ0v) is 12.5. The SMILES string of the molecule is CCNc1ccc(C)cc1C(=O)N(C)c1cccc(F)c1. The van der Waals surface area contributed by atoms with Gasteiger partial charge in [-0.2, -0.15) is 0 Å². The van der Waals surface area contributed by atoms with Gasteiger partial charge in [0.15, 0.2) is 0 Å². The molecule has 2 aromatic carbocycles. The molecule has 4 heteroatoms. The number of nitrogens with one attached hydrogen (secondary N) is 1. The number of benzene rings is 2. The third kappa shape index (κ3) is 3.40. The first-order valence-electron chi connectivity index (χ1n) is 6.91. The summed E-state index contributed by atoms with van der Waals surface area (Å²) < 4.78 is 13.3. The molecule has 0 radical (unpaired) electrons. The minimum atomic E-state index is -0.358. The molecule has 1 N–H and O–H groups in total. The van der Waals surface area contributed by atoms with Crippen LogP contribution >= 0.6 is 0 Å². The Bertz CT molecular complexity index is 655. The highest BCUT2D eigenvalue weighted by Crippen LogP contribution is 2.22. The van der Waals surface area contributed by atoms with Gasteiger partial charge in [-0.25, -0.2) is 4.39 Å². The summed E-state index contributed by atoms with van der Waals surface area (Å²) in [6, 6.07) is 11.7. The molecule has 21 heavy (non-hydrogen) atoms. The van der Waals surface area contributed by atoms with Crippen molar-refractivity contribution in [1.29, 1.82) is 0 Å². The Morgan fingerprint density at radius 3 is 2.67 bits per heavy atom. The molecule has 2 rings (SSSR count). The summed E-state index contributed by atoms with van der Waals surface area (Å²) in [5.41, 5.74) is 2.91. The van der Waals surface area contributed by atoms with Gasteiger partial charge in [-0.05, 0) is 44.2 Å². The number of carbonyl (C=O) groups excluding carboxylic acids is 1. The second kappa shape index (κ2) is 6.39. The van der Waals surface area contributed by atoms with Gasteiger partial charge in [0.05, 0.1) is 5.56 Å². The lowest BCUT2D eigenvalue weighted by atomic mass is 10.1. The molecule has 0 aromatic heterocycles. The fourth-order valence-corrected chi connectivity index (χ4v) is 2.16. The van der Waals surface area contributed by atoms with Crippen LogP contribution in [-0.2, 0) is 0 Å². The molecular formula is C17H19FN2O. The Hall–Kier alpha value is -2.36. The van der Waals surface area contributed by atoms with Crippen LogP contribution in [0, 0.1) is 12.7 Å². The number of hydrogen-bond acceptors (Lipinski definition) is 2. The Labute approximate surface area is 124 Å². The van der Waals surface area contributed by atoms with Crippen LogP contribution in [-0.4, -0.2) is 19.5 Å². The van der Waals surface area contributed by atoms with Gasteiger partial charge in [0.25, 0.3) is 5.91 Å². The summed E-state index contributed by atoms with van der Waals surface area (Å²) in [6.07, 6.45) is 0. The highest BCUT2D eigenvalue weighted by Gasteiger charge is 2.17. The predicted molar refractivity (Wildman–Crippen MR) is 84.5 cm³/mol. The summed E-state index contributed by atoms with van der Waals surface area (Å²) in [6.45, 7) is 4.64. The average molecular weight is 286 g/mol. The lowest BCUT2D eigenvalue weighted by molar-refractivity contribution is 0.0993. The van der Waals surface area contributed by atoms with Gasteiger partial charge >= 0.3 is 0 Å². The first-order valence-corrected chi connectivity index (χ1v) is 6.91. The lowest BCUT2D eigenvalue weighted by Crippen LogP contribution is -2.27. The average Bonchev–Trinajstić information content (AvgIpc) is 2.48. The van der Waals surface area contributed by atoms with Crippen molar-refractivity contribution in [3.05, 3.63) is 59.4 Å². The number of nitrogens with zero attached hydrogens (tertiary/aromatic N) is 1. The van der Waals surface area contributed by atoms with Crippen LogP contribution < -0.4 is 10.2 Å². The van der Waals surface area contributed by atoms with E-state index in [9.17, 15) is 9.18 Å². The largest absolute Gasteiger partial charge is 0.385 e. The van der Waals surface area contributed by atoms with E-state index in [4.69, 9.17) is 0 Å². The maximum absolute atomic E-state index is 13.3. The van der Waals surface area contributed by atoms with Gasteiger partial charge in [-0.3, -0.25) is 4.79 Å². The summed E-state index contributed by atoms with van der Waals surface area (Å²) in [4.78, 5) is 14.1. The van der Waals surface area contributed by atoms with E-state index in [1.165, 1.54) is 17.0 Å². The monoisotopic (exact) mass is 286 g/mol. The van der Waals surface area contributed by atoms with Gasteiger partial charge in [0.2, 0.25) is 0 Å². The quantitative estimate of drug-likeness (QED) is 0.926. The normalized spacial score (nSPS) is 10.3. The molecule has 0 aliphatic rings. The number of halogens is 1. The first-order chi connectivity index (χ1) is 10.0. The molecule has 0 spiro atoms. The molecule has 0 saturated heterocycles. The second-order valence-corrected chi connectivity index (χ2v) is 4.92. The topological polar surface area (TPSA) is 32.3 Å². The van der Waals surface area contributed by atoms with Crippen molar-refractivity contribution in [2.45, 2.75) is 13.8 Å². The number of aryl methyl sites for hydroxylation is 1. The number of amides is 1. The van der Waals surface area contributed by atoms with Gasteiger partial charge < -0.3 is 10.2 Å². The third-order valence-corrected chi connectivity index (χ3v) is 3.27. The molecule has 0 saturated carbocycles. The fourth-order valence-electron chi connectivity index (χ4n) is 2.16. The molecule has 0 aliphatic heterocycles. The van der Waals surface area contributed by atoms with Crippen molar-refractivity contribution < 1.29 is 9.18 Å². The van der Waals surface area contributed by atoms with Crippen molar-refractivity contribution >= 4 is 17.3 Å². The zero-order chi connectivity index (χ0) is 15.4. The Kier molecular flexibility index (Phi) is 4.58. The first kappa shape index (κ1) is 15.0. The number of hydrogen-bond donors (Lipinski definition) is 1. The van der Waals surface area contributed by atoms with Crippen LogP contribution in [0.2, 0.25) is 0 Å². The maximum Gasteiger partial charge on any atom is 0.260 e. The highest BCUT2D eigenvalue weighted by atomic mass is 19.1. The molecule has 110 valence electrons. The minimum absolute atomic E-state index is 0.166. The molecule has 1 amide bonds. The number of rotatable bonds is 4. The molecule has 0 fully saturated rings. The van der Waals surface area contributed by atoms with E-state index < -0.39 is 0 Å². The van der Waals surface area contributed by atoms with E-state index in [-0.39, 0.29) is 11.7 Å². The number of anilines is 2. The van der Waals surface area contributed by atoms with E-state index >= 15 is 0 Å². The Morgan fingerprint density at radius 2 is 2.00 bits per heavy atom. The van der Waals surface area contributed by atoms with Crippen molar-refractivity contribution in [1.82, 2.24) is 0 Å². The molecule has 0 aliphatic carbocycles. The third-order valence-electron chi connectivity index (χ3n) is 3.27. The van der Waals surface area contributed by atoms with Crippen LogP contribution in [0.5, 0.6) is 0 Å². The Morgan fingerprint density at radius 1 is 1.24 bits per heavy atom. The molecular weight excluding hydrogens is 267 g/mol. The summed E-state index contributed by atoms with van der Waals surface area (Å²) >= 11 is 0. The van der Waals surface area contributed by atoms with Crippen LogP contribution in [0.25, 0.3) is 0 Å².